The van der Waals surface area contributed by atoms with Crippen LogP contribution in [0.4, 0.5) is 9.18 Å². The Labute approximate surface area is 157 Å². The van der Waals surface area contributed by atoms with Crippen LogP contribution in [0.1, 0.15) is 41.2 Å². The van der Waals surface area contributed by atoms with Crippen molar-refractivity contribution in [3.63, 3.8) is 0 Å². The molecule has 1 atom stereocenters. The zero-order valence-electron chi connectivity index (χ0n) is 15.8. The number of nitrogens with zero attached hydrogens (tertiary/aromatic N) is 2. The van der Waals surface area contributed by atoms with Gasteiger partial charge < -0.3 is 9.88 Å². The average molecular weight is 371 g/mol. The quantitative estimate of drug-likeness (QED) is 0.649. The van der Waals surface area contributed by atoms with Gasteiger partial charge in [0.15, 0.2) is 5.78 Å². The van der Waals surface area contributed by atoms with Crippen LogP contribution in [0.15, 0.2) is 30.3 Å². The monoisotopic (exact) mass is 371 g/mol. The number of carbonyl (C=O) groups excluding carboxylic acids is 3. The molecule has 0 bridgehead atoms. The summed E-state index contributed by atoms with van der Waals surface area (Å²) in [5, 5.41) is 2.62. The molecule has 6 nitrogen and oxygen atoms in total. The lowest BCUT2D eigenvalue weighted by Crippen LogP contribution is -2.41. The van der Waals surface area contributed by atoms with Gasteiger partial charge in [-0.05, 0) is 51.5 Å². The second-order valence-electron chi connectivity index (χ2n) is 6.91. The van der Waals surface area contributed by atoms with Crippen molar-refractivity contribution in [1.29, 1.82) is 0 Å². The predicted molar refractivity (Wildman–Crippen MR) is 97.9 cm³/mol. The van der Waals surface area contributed by atoms with Crippen LogP contribution in [0.3, 0.4) is 0 Å². The summed E-state index contributed by atoms with van der Waals surface area (Å²) in [6.45, 7) is 7.69. The summed E-state index contributed by atoms with van der Waals surface area (Å²) in [5.41, 5.74) is 1.40. The first kappa shape index (κ1) is 18.8. The Morgan fingerprint density at radius 1 is 1.19 bits per heavy atom. The van der Waals surface area contributed by atoms with E-state index in [1.165, 1.54) is 24.3 Å². The number of halogens is 1. The minimum atomic E-state index is -1.33. The summed E-state index contributed by atoms with van der Waals surface area (Å²) in [6, 6.07) is 6.51. The maximum atomic E-state index is 13.2. The van der Waals surface area contributed by atoms with Gasteiger partial charge in [0, 0.05) is 23.5 Å². The largest absolute Gasteiger partial charge is 0.349 e. The maximum Gasteiger partial charge on any atom is 0.325 e. The molecule has 7 heteroatoms. The molecule has 3 amide bonds. The van der Waals surface area contributed by atoms with E-state index in [9.17, 15) is 18.8 Å². The van der Waals surface area contributed by atoms with Crippen LogP contribution in [0.5, 0.6) is 0 Å². The topological polar surface area (TPSA) is 71.4 Å². The van der Waals surface area contributed by atoms with E-state index in [0.29, 0.717) is 11.1 Å². The number of aryl methyl sites for hydroxylation is 1. The first-order valence-electron chi connectivity index (χ1n) is 8.79. The third kappa shape index (κ3) is 3.03. The van der Waals surface area contributed by atoms with Crippen molar-refractivity contribution in [3.8, 4) is 0 Å². The van der Waals surface area contributed by atoms with E-state index in [0.717, 1.165) is 22.8 Å². The molecule has 1 aromatic carbocycles. The standard InChI is InChI=1S/C20H22FN3O3/c1-5-23-12(2)10-16(13(23)3)17(25)11-24-18(26)20(4,22-19(24)27)14-6-8-15(21)9-7-14/h6-10H,5,11H2,1-4H3,(H,22,27)/t20-/m1/s1. The van der Waals surface area contributed by atoms with Crippen molar-refractivity contribution in [1.82, 2.24) is 14.8 Å². The summed E-state index contributed by atoms with van der Waals surface area (Å²) in [5.74, 6) is -1.26. The minimum absolute atomic E-state index is 0.297. The maximum absolute atomic E-state index is 13.2. The van der Waals surface area contributed by atoms with E-state index in [1.807, 2.05) is 25.3 Å². The SMILES string of the molecule is CCn1c(C)cc(C(=O)CN2C(=O)N[C@](C)(c3ccc(F)cc3)C2=O)c1C. The Balaban J connectivity index is 1.86. The lowest BCUT2D eigenvalue weighted by atomic mass is 9.92. The highest BCUT2D eigenvalue weighted by Crippen LogP contribution is 2.29. The average Bonchev–Trinajstić information content (AvgIpc) is 3.03. The molecule has 1 fully saturated rings. The van der Waals surface area contributed by atoms with Crippen molar-refractivity contribution >= 4 is 17.7 Å². The van der Waals surface area contributed by atoms with Crippen molar-refractivity contribution in [2.24, 2.45) is 0 Å². The highest BCUT2D eigenvalue weighted by atomic mass is 19.1. The van der Waals surface area contributed by atoms with Gasteiger partial charge in [-0.25, -0.2) is 9.18 Å². The molecule has 3 rings (SSSR count). The van der Waals surface area contributed by atoms with Crippen LogP contribution in [0.25, 0.3) is 0 Å². The van der Waals surface area contributed by atoms with Crippen LogP contribution in [-0.4, -0.2) is 33.7 Å². The second-order valence-corrected chi connectivity index (χ2v) is 6.91. The van der Waals surface area contributed by atoms with Crippen LogP contribution in [0.2, 0.25) is 0 Å². The molecule has 1 saturated heterocycles. The van der Waals surface area contributed by atoms with E-state index >= 15 is 0 Å². The Hall–Kier alpha value is -2.96. The van der Waals surface area contributed by atoms with Gasteiger partial charge in [-0.1, -0.05) is 12.1 Å². The summed E-state index contributed by atoms with van der Waals surface area (Å²) in [7, 11) is 0. The Morgan fingerprint density at radius 3 is 2.37 bits per heavy atom. The fraction of sp³-hybridized carbons (Fsp3) is 0.350. The van der Waals surface area contributed by atoms with E-state index in [-0.39, 0.29) is 12.3 Å². The second kappa shape index (κ2) is 6.64. The van der Waals surface area contributed by atoms with Crippen LogP contribution in [-0.2, 0) is 16.9 Å². The van der Waals surface area contributed by atoms with Gasteiger partial charge in [0.2, 0.25) is 0 Å². The van der Waals surface area contributed by atoms with E-state index in [2.05, 4.69) is 5.32 Å². The number of Topliss-reactive ketones (excluding diaryl/α,β-unsaturated/α-hetero) is 1. The molecule has 0 aliphatic carbocycles. The molecular weight excluding hydrogens is 349 g/mol. The third-order valence-electron chi connectivity index (χ3n) is 5.19. The zero-order chi connectivity index (χ0) is 19.9. The molecule has 0 radical (unpaired) electrons. The van der Waals surface area contributed by atoms with Crippen LogP contribution in [0, 0.1) is 19.7 Å². The third-order valence-corrected chi connectivity index (χ3v) is 5.19. The lowest BCUT2D eigenvalue weighted by molar-refractivity contribution is -0.130. The number of urea groups is 1. The molecule has 27 heavy (non-hydrogen) atoms. The number of ketones is 1. The first-order valence-corrected chi connectivity index (χ1v) is 8.79. The number of hydrogen-bond donors (Lipinski definition) is 1. The minimum Gasteiger partial charge on any atom is -0.349 e. The van der Waals surface area contributed by atoms with Gasteiger partial charge in [-0.15, -0.1) is 0 Å². The lowest BCUT2D eigenvalue weighted by Gasteiger charge is -2.22. The number of rotatable bonds is 5. The fourth-order valence-corrected chi connectivity index (χ4v) is 3.62. The van der Waals surface area contributed by atoms with Gasteiger partial charge in [0.05, 0.1) is 6.54 Å². The van der Waals surface area contributed by atoms with Gasteiger partial charge in [0.25, 0.3) is 5.91 Å². The van der Waals surface area contributed by atoms with Crippen molar-refractivity contribution in [3.05, 3.63) is 58.7 Å². The number of hydrogen-bond acceptors (Lipinski definition) is 3. The van der Waals surface area contributed by atoms with E-state index in [1.54, 1.807) is 13.0 Å². The number of carbonyl (C=O) groups is 3. The highest BCUT2D eigenvalue weighted by molar-refractivity contribution is 6.11. The molecule has 142 valence electrons. The number of benzene rings is 1. The molecule has 1 aliphatic heterocycles. The van der Waals surface area contributed by atoms with Gasteiger partial charge in [0.1, 0.15) is 11.4 Å². The molecule has 1 aliphatic rings. The highest BCUT2D eigenvalue weighted by Gasteiger charge is 2.49. The smallest absolute Gasteiger partial charge is 0.325 e. The summed E-state index contributed by atoms with van der Waals surface area (Å²) in [6.07, 6.45) is 0. The normalized spacial score (nSPS) is 19.5. The molecule has 2 aromatic rings. The van der Waals surface area contributed by atoms with Crippen molar-refractivity contribution < 1.29 is 18.8 Å². The molecular formula is C20H22FN3O3. The summed E-state index contributed by atoms with van der Waals surface area (Å²) in [4.78, 5) is 38.9. The predicted octanol–water partition coefficient (Wildman–Crippen LogP) is 2.91. The fourth-order valence-electron chi connectivity index (χ4n) is 3.62. The zero-order valence-corrected chi connectivity index (χ0v) is 15.8. The Kier molecular flexibility index (Phi) is 4.63. The van der Waals surface area contributed by atoms with Crippen molar-refractivity contribution in [2.75, 3.05) is 6.54 Å². The Bertz CT molecular complexity index is 933. The molecule has 0 unspecified atom stereocenters. The molecule has 0 spiro atoms. The first-order chi connectivity index (χ1) is 12.7. The molecule has 1 N–H and O–H groups in total. The van der Waals surface area contributed by atoms with Crippen LogP contribution < -0.4 is 5.32 Å². The van der Waals surface area contributed by atoms with Gasteiger partial charge in [-0.2, -0.15) is 0 Å². The van der Waals surface area contributed by atoms with E-state index in [4.69, 9.17) is 0 Å². The van der Waals surface area contributed by atoms with Gasteiger partial charge in [-0.3, -0.25) is 14.5 Å². The van der Waals surface area contributed by atoms with Gasteiger partial charge >= 0.3 is 6.03 Å². The number of imide groups is 1. The van der Waals surface area contributed by atoms with Crippen LogP contribution >= 0.6 is 0 Å². The molecule has 2 heterocycles. The Morgan fingerprint density at radius 2 is 1.81 bits per heavy atom. The summed E-state index contributed by atoms with van der Waals surface area (Å²) < 4.78 is 15.2. The molecule has 0 saturated carbocycles. The van der Waals surface area contributed by atoms with E-state index < -0.39 is 23.3 Å². The number of amides is 3. The number of nitrogens with one attached hydrogen (secondary N) is 1. The summed E-state index contributed by atoms with van der Waals surface area (Å²) >= 11 is 0. The molecule has 1 aromatic heterocycles. The number of aromatic nitrogens is 1. The van der Waals surface area contributed by atoms with Crippen molar-refractivity contribution in [2.45, 2.75) is 39.8 Å².